The highest BCUT2D eigenvalue weighted by Gasteiger charge is 2.08. The van der Waals surface area contributed by atoms with Crippen molar-refractivity contribution in [2.75, 3.05) is 12.4 Å². The summed E-state index contributed by atoms with van der Waals surface area (Å²) >= 11 is 9.00. The van der Waals surface area contributed by atoms with Crippen LogP contribution >= 0.6 is 27.5 Å². The molecule has 0 aliphatic rings. The van der Waals surface area contributed by atoms with Crippen molar-refractivity contribution in [3.63, 3.8) is 0 Å². The maximum Gasteiger partial charge on any atom is 0.163 e. The number of rotatable bonds is 5. The van der Waals surface area contributed by atoms with E-state index in [9.17, 15) is 4.79 Å². The van der Waals surface area contributed by atoms with Crippen molar-refractivity contribution in [2.45, 2.75) is 12.3 Å². The number of ether oxygens (including phenoxy) is 1. The van der Waals surface area contributed by atoms with E-state index in [2.05, 4.69) is 15.9 Å². The standard InChI is InChI=1S/C11H12BrClO2/c1-15-11-3-2-8(6-9(11)7-13)10(14)4-5-12/h2-3,6H,4-5,7H2,1H3. The molecule has 0 N–H and O–H groups in total. The SMILES string of the molecule is COc1ccc(C(=O)CCBr)cc1CCl. The highest BCUT2D eigenvalue weighted by Crippen LogP contribution is 2.22. The Kier molecular flexibility index (Phi) is 5.12. The zero-order chi connectivity index (χ0) is 11.3. The zero-order valence-corrected chi connectivity index (χ0v) is 10.8. The van der Waals surface area contributed by atoms with Gasteiger partial charge in [0.25, 0.3) is 0 Å². The molecule has 0 spiro atoms. The average Bonchev–Trinajstić information content (AvgIpc) is 2.28. The van der Waals surface area contributed by atoms with Crippen molar-refractivity contribution < 1.29 is 9.53 Å². The molecule has 0 amide bonds. The summed E-state index contributed by atoms with van der Waals surface area (Å²) in [5.74, 6) is 1.18. The van der Waals surface area contributed by atoms with Gasteiger partial charge in [0.1, 0.15) is 5.75 Å². The average molecular weight is 292 g/mol. The van der Waals surface area contributed by atoms with Gasteiger partial charge >= 0.3 is 0 Å². The third-order valence-electron chi connectivity index (χ3n) is 2.07. The molecule has 1 aromatic carbocycles. The van der Waals surface area contributed by atoms with E-state index in [4.69, 9.17) is 16.3 Å². The number of hydrogen-bond donors (Lipinski definition) is 0. The molecule has 0 radical (unpaired) electrons. The van der Waals surface area contributed by atoms with Crippen molar-refractivity contribution in [1.82, 2.24) is 0 Å². The van der Waals surface area contributed by atoms with Crippen molar-refractivity contribution in [3.05, 3.63) is 29.3 Å². The predicted octanol–water partition coefficient (Wildman–Crippen LogP) is 3.40. The maximum absolute atomic E-state index is 11.6. The Morgan fingerprint density at radius 2 is 2.27 bits per heavy atom. The van der Waals surface area contributed by atoms with Crippen molar-refractivity contribution in [3.8, 4) is 5.75 Å². The number of carbonyl (C=O) groups excluding carboxylic acids is 1. The second-order valence-corrected chi connectivity index (χ2v) is 4.08. The van der Waals surface area contributed by atoms with Crippen LogP contribution in [-0.2, 0) is 5.88 Å². The molecule has 4 heteroatoms. The third-order valence-corrected chi connectivity index (χ3v) is 2.75. The van der Waals surface area contributed by atoms with Gasteiger partial charge < -0.3 is 4.74 Å². The van der Waals surface area contributed by atoms with E-state index in [0.29, 0.717) is 23.2 Å². The molecule has 0 atom stereocenters. The number of carbonyl (C=O) groups is 1. The van der Waals surface area contributed by atoms with E-state index in [-0.39, 0.29) is 5.78 Å². The lowest BCUT2D eigenvalue weighted by Crippen LogP contribution is -2.01. The minimum Gasteiger partial charge on any atom is -0.496 e. The van der Waals surface area contributed by atoms with Crippen LogP contribution < -0.4 is 4.74 Å². The number of Topliss-reactive ketones (excluding diaryl/α,β-unsaturated/α-hetero) is 1. The van der Waals surface area contributed by atoms with Gasteiger partial charge in [-0.25, -0.2) is 0 Å². The number of benzene rings is 1. The van der Waals surface area contributed by atoms with Crippen LogP contribution in [0.2, 0.25) is 0 Å². The molecule has 0 aliphatic heterocycles. The number of halogens is 2. The molecule has 0 saturated heterocycles. The van der Waals surface area contributed by atoms with Gasteiger partial charge in [-0.15, -0.1) is 11.6 Å². The van der Waals surface area contributed by atoms with E-state index >= 15 is 0 Å². The molecule has 15 heavy (non-hydrogen) atoms. The lowest BCUT2D eigenvalue weighted by atomic mass is 10.1. The summed E-state index contributed by atoms with van der Waals surface area (Å²) in [4.78, 5) is 11.6. The first-order valence-electron chi connectivity index (χ1n) is 4.55. The fourth-order valence-electron chi connectivity index (χ4n) is 1.29. The molecule has 0 fully saturated rings. The monoisotopic (exact) mass is 290 g/mol. The van der Waals surface area contributed by atoms with Crippen molar-refractivity contribution in [1.29, 1.82) is 0 Å². The normalized spacial score (nSPS) is 10.1. The van der Waals surface area contributed by atoms with Gasteiger partial charge in [-0.05, 0) is 18.2 Å². The number of alkyl halides is 2. The van der Waals surface area contributed by atoms with Crippen molar-refractivity contribution >= 4 is 33.3 Å². The molecule has 82 valence electrons. The minimum absolute atomic E-state index is 0.112. The quantitative estimate of drug-likeness (QED) is 0.614. The molecular formula is C11H12BrClO2. The largest absolute Gasteiger partial charge is 0.496 e. The Morgan fingerprint density at radius 1 is 1.53 bits per heavy atom. The fraction of sp³-hybridized carbons (Fsp3) is 0.364. The first kappa shape index (κ1) is 12.5. The topological polar surface area (TPSA) is 26.3 Å². The fourth-order valence-corrected chi connectivity index (χ4v) is 1.86. The Bertz CT molecular complexity index is 352. The van der Waals surface area contributed by atoms with Crippen LogP contribution in [-0.4, -0.2) is 18.2 Å². The van der Waals surface area contributed by atoms with Crippen LogP contribution in [0.1, 0.15) is 22.3 Å². The van der Waals surface area contributed by atoms with Crippen molar-refractivity contribution in [2.24, 2.45) is 0 Å². The third kappa shape index (κ3) is 3.21. The number of hydrogen-bond acceptors (Lipinski definition) is 2. The van der Waals surface area contributed by atoms with Crippen LogP contribution in [0, 0.1) is 0 Å². The first-order valence-corrected chi connectivity index (χ1v) is 6.20. The van der Waals surface area contributed by atoms with Gasteiger partial charge in [0.2, 0.25) is 0 Å². The van der Waals surface area contributed by atoms with Crippen LogP contribution in [0.15, 0.2) is 18.2 Å². The lowest BCUT2D eigenvalue weighted by Gasteiger charge is -2.07. The molecule has 0 saturated carbocycles. The van der Waals surface area contributed by atoms with Crippen LogP contribution in [0.5, 0.6) is 5.75 Å². The van der Waals surface area contributed by atoms with E-state index in [0.717, 1.165) is 11.3 Å². The Morgan fingerprint density at radius 3 is 2.80 bits per heavy atom. The second kappa shape index (κ2) is 6.13. The van der Waals surface area contributed by atoms with Crippen LogP contribution in [0.3, 0.4) is 0 Å². The summed E-state index contributed by atoms with van der Waals surface area (Å²) in [7, 11) is 1.59. The van der Waals surface area contributed by atoms with Gasteiger partial charge in [0.15, 0.2) is 5.78 Å². The molecule has 0 aromatic heterocycles. The highest BCUT2D eigenvalue weighted by molar-refractivity contribution is 9.09. The Balaban J connectivity index is 2.97. The molecule has 1 rings (SSSR count). The van der Waals surface area contributed by atoms with E-state index in [1.54, 1.807) is 25.3 Å². The molecule has 0 bridgehead atoms. The molecule has 0 aliphatic carbocycles. The summed E-state index contributed by atoms with van der Waals surface area (Å²) in [5, 5.41) is 0.675. The van der Waals surface area contributed by atoms with Gasteiger partial charge in [-0.3, -0.25) is 4.79 Å². The smallest absolute Gasteiger partial charge is 0.163 e. The molecular weight excluding hydrogens is 279 g/mol. The van der Waals surface area contributed by atoms with E-state index < -0.39 is 0 Å². The molecule has 0 heterocycles. The summed E-state index contributed by atoms with van der Waals surface area (Å²) < 4.78 is 5.13. The minimum atomic E-state index is 0.112. The number of ketones is 1. The first-order chi connectivity index (χ1) is 7.22. The zero-order valence-electron chi connectivity index (χ0n) is 8.43. The van der Waals surface area contributed by atoms with Crippen LogP contribution in [0.4, 0.5) is 0 Å². The Hall–Kier alpha value is -0.540. The predicted molar refractivity (Wildman–Crippen MR) is 65.3 cm³/mol. The van der Waals surface area contributed by atoms with Gasteiger partial charge in [-0.2, -0.15) is 0 Å². The van der Waals surface area contributed by atoms with Gasteiger partial charge in [0.05, 0.1) is 13.0 Å². The maximum atomic E-state index is 11.6. The number of methoxy groups -OCH3 is 1. The van der Waals surface area contributed by atoms with Gasteiger partial charge in [-0.1, -0.05) is 15.9 Å². The second-order valence-electron chi connectivity index (χ2n) is 3.02. The summed E-state index contributed by atoms with van der Waals surface area (Å²) in [5.41, 5.74) is 1.53. The summed E-state index contributed by atoms with van der Waals surface area (Å²) in [6, 6.07) is 5.33. The lowest BCUT2D eigenvalue weighted by molar-refractivity contribution is 0.0990. The van der Waals surface area contributed by atoms with E-state index in [1.807, 2.05) is 0 Å². The summed E-state index contributed by atoms with van der Waals surface area (Å²) in [6.07, 6.45) is 0.494. The molecule has 1 aromatic rings. The summed E-state index contributed by atoms with van der Waals surface area (Å²) in [6.45, 7) is 0. The molecule has 0 unspecified atom stereocenters. The molecule has 2 nitrogen and oxygen atoms in total. The van der Waals surface area contributed by atoms with E-state index in [1.165, 1.54) is 0 Å². The highest BCUT2D eigenvalue weighted by atomic mass is 79.9. The Labute approximate surface area is 103 Å². The van der Waals surface area contributed by atoms with Crippen LogP contribution in [0.25, 0.3) is 0 Å². The van der Waals surface area contributed by atoms with Gasteiger partial charge in [0, 0.05) is 22.9 Å².